The monoisotopic (exact) mass is 1000 g/mol. The second kappa shape index (κ2) is 35.2. The van der Waals surface area contributed by atoms with Crippen molar-refractivity contribution in [1.82, 2.24) is 0 Å². The number of carboxylic acids is 1. The van der Waals surface area contributed by atoms with Crippen LogP contribution >= 0.6 is 7.82 Å². The SMILES string of the molecule is CCCCCCCCCCCCCC(=O)OC[C@@H](COP(=O)(O)O[C@@H]1[C@@H](OC[C@H](N)C(=O)O)[C@H](O)[C@@H](O)[C@H](O)[C@@H]1O[C@H]1O[C@H](CO)[C@@H](O)[C@H](O)[C@@H]1O)OC(=O)CCCCCCCCCCCCC. The average molecular weight is 1000 g/mol. The van der Waals surface area contributed by atoms with E-state index in [4.69, 9.17) is 38.5 Å². The number of aliphatic hydroxyl groups excluding tert-OH is 7. The Labute approximate surface area is 401 Å². The molecule has 1 unspecified atom stereocenters. The minimum Gasteiger partial charge on any atom is -0.480 e. The number of phosphoric acid groups is 1. The van der Waals surface area contributed by atoms with Gasteiger partial charge in [-0.25, -0.2) is 4.57 Å². The molecular weight excluding hydrogens is 917 g/mol. The van der Waals surface area contributed by atoms with Gasteiger partial charge in [-0.3, -0.25) is 23.4 Å². The number of ether oxygens (including phenoxy) is 5. The fraction of sp³-hybridized carbons (Fsp3) is 0.935. The summed E-state index contributed by atoms with van der Waals surface area (Å²) < 4.78 is 51.7. The first-order chi connectivity index (χ1) is 32.5. The molecule has 400 valence electrons. The highest BCUT2D eigenvalue weighted by atomic mass is 31.2. The van der Waals surface area contributed by atoms with E-state index in [2.05, 4.69) is 13.8 Å². The Morgan fingerprint density at radius 2 is 1.04 bits per heavy atom. The fourth-order valence-electron chi connectivity index (χ4n) is 8.11. The number of rotatable bonds is 39. The van der Waals surface area contributed by atoms with Crippen molar-refractivity contribution in [3.63, 3.8) is 0 Å². The normalized spacial score (nSPS) is 28.1. The highest BCUT2D eigenvalue weighted by Gasteiger charge is 2.56. The Morgan fingerprint density at radius 1 is 0.588 bits per heavy atom. The van der Waals surface area contributed by atoms with Crippen LogP contribution in [0.2, 0.25) is 0 Å². The summed E-state index contributed by atoms with van der Waals surface area (Å²) >= 11 is 0. The molecule has 0 aromatic heterocycles. The lowest BCUT2D eigenvalue weighted by Crippen LogP contribution is -2.68. The molecule has 68 heavy (non-hydrogen) atoms. The number of nitrogens with two attached hydrogens (primary N) is 1. The van der Waals surface area contributed by atoms with Gasteiger partial charge in [0, 0.05) is 12.8 Å². The zero-order valence-electron chi connectivity index (χ0n) is 40.3. The van der Waals surface area contributed by atoms with E-state index in [0.717, 1.165) is 57.8 Å². The quantitative estimate of drug-likeness (QED) is 0.0239. The molecule has 0 aromatic carbocycles. The smallest absolute Gasteiger partial charge is 0.472 e. The number of hydrogen-bond donors (Lipinski definition) is 10. The lowest BCUT2D eigenvalue weighted by molar-refractivity contribution is -0.339. The Morgan fingerprint density at radius 3 is 1.53 bits per heavy atom. The van der Waals surface area contributed by atoms with Gasteiger partial charge in [-0.2, -0.15) is 0 Å². The number of aliphatic hydroxyl groups is 7. The third-order valence-corrected chi connectivity index (χ3v) is 13.3. The summed E-state index contributed by atoms with van der Waals surface area (Å²) in [7, 11) is -5.49. The maximum Gasteiger partial charge on any atom is 0.472 e. The summed E-state index contributed by atoms with van der Waals surface area (Å²) in [5, 5.41) is 83.1. The fourth-order valence-corrected chi connectivity index (χ4v) is 9.07. The molecule has 22 heteroatoms. The molecule has 2 rings (SSSR count). The number of phosphoric ester groups is 1. The van der Waals surface area contributed by atoms with E-state index in [-0.39, 0.29) is 12.8 Å². The molecule has 0 bridgehead atoms. The maximum atomic E-state index is 13.7. The van der Waals surface area contributed by atoms with Crippen LogP contribution in [0.3, 0.4) is 0 Å². The highest BCUT2D eigenvalue weighted by Crippen LogP contribution is 2.48. The molecule has 1 saturated heterocycles. The van der Waals surface area contributed by atoms with Gasteiger partial charge < -0.3 is 75.2 Å². The predicted molar refractivity (Wildman–Crippen MR) is 246 cm³/mol. The third-order valence-electron chi connectivity index (χ3n) is 12.3. The zero-order chi connectivity index (χ0) is 50.5. The topological polar surface area (TPSA) is 341 Å². The molecule has 0 amide bonds. The number of aliphatic carboxylic acids is 1. The van der Waals surface area contributed by atoms with E-state index in [1.54, 1.807) is 0 Å². The lowest BCUT2D eigenvalue weighted by atomic mass is 9.84. The van der Waals surface area contributed by atoms with Crippen LogP contribution < -0.4 is 5.73 Å². The molecule has 1 aliphatic heterocycles. The molecule has 14 atom stereocenters. The van der Waals surface area contributed by atoms with Crippen molar-refractivity contribution in [2.24, 2.45) is 5.73 Å². The maximum absolute atomic E-state index is 13.7. The second-order valence-corrected chi connectivity index (χ2v) is 19.6. The molecule has 21 nitrogen and oxygen atoms in total. The summed E-state index contributed by atoms with van der Waals surface area (Å²) in [5.74, 6) is -2.83. The Kier molecular flexibility index (Phi) is 32.2. The molecule has 1 saturated carbocycles. The first kappa shape index (κ1) is 62.2. The number of unbranched alkanes of at least 4 members (excludes halogenated alkanes) is 20. The van der Waals surface area contributed by atoms with Crippen LogP contribution in [-0.2, 0) is 51.7 Å². The van der Waals surface area contributed by atoms with Crippen molar-refractivity contribution < 1.29 is 97.4 Å². The molecule has 2 aliphatic rings. The van der Waals surface area contributed by atoms with Gasteiger partial charge in [0.25, 0.3) is 0 Å². The average Bonchev–Trinajstić information content (AvgIpc) is 3.30. The number of hydrogen-bond acceptors (Lipinski definition) is 19. The van der Waals surface area contributed by atoms with Crippen molar-refractivity contribution in [1.29, 1.82) is 0 Å². The van der Waals surface area contributed by atoms with Gasteiger partial charge in [0.15, 0.2) is 12.4 Å². The Balaban J connectivity index is 2.16. The van der Waals surface area contributed by atoms with Gasteiger partial charge in [-0.05, 0) is 12.8 Å². The van der Waals surface area contributed by atoms with Gasteiger partial charge in [0.2, 0.25) is 0 Å². The van der Waals surface area contributed by atoms with Crippen LogP contribution in [0.25, 0.3) is 0 Å². The highest BCUT2D eigenvalue weighted by molar-refractivity contribution is 7.47. The second-order valence-electron chi connectivity index (χ2n) is 18.2. The van der Waals surface area contributed by atoms with Crippen molar-refractivity contribution in [3.8, 4) is 0 Å². The summed E-state index contributed by atoms with van der Waals surface area (Å²) in [6, 6.07) is -1.73. The van der Waals surface area contributed by atoms with Crippen molar-refractivity contribution in [2.75, 3.05) is 26.4 Å². The first-order valence-electron chi connectivity index (χ1n) is 25.1. The number of carboxylic acid groups (broad SMARTS) is 1. The largest absolute Gasteiger partial charge is 0.480 e. The van der Waals surface area contributed by atoms with E-state index in [9.17, 15) is 64.7 Å². The molecule has 11 N–H and O–H groups in total. The van der Waals surface area contributed by atoms with Crippen molar-refractivity contribution in [2.45, 2.75) is 247 Å². The first-order valence-corrected chi connectivity index (χ1v) is 26.6. The molecule has 0 spiro atoms. The van der Waals surface area contributed by atoms with E-state index >= 15 is 0 Å². The molecule has 1 aliphatic carbocycles. The van der Waals surface area contributed by atoms with Gasteiger partial charge >= 0.3 is 25.7 Å². The Hall–Kier alpha value is -1.92. The van der Waals surface area contributed by atoms with Crippen LogP contribution in [0.4, 0.5) is 0 Å². The van der Waals surface area contributed by atoms with Crippen molar-refractivity contribution >= 4 is 25.7 Å². The van der Waals surface area contributed by atoms with Gasteiger partial charge in [-0.1, -0.05) is 142 Å². The summed E-state index contributed by atoms with van der Waals surface area (Å²) in [6.45, 7) is 1.14. The summed E-state index contributed by atoms with van der Waals surface area (Å²) in [4.78, 5) is 48.4. The minimum atomic E-state index is -5.49. The van der Waals surface area contributed by atoms with Gasteiger partial charge in [0.05, 0.1) is 19.8 Å². The predicted octanol–water partition coefficient (Wildman–Crippen LogP) is 3.42. The van der Waals surface area contributed by atoms with E-state index in [1.807, 2.05) is 0 Å². The molecule has 2 fully saturated rings. The van der Waals surface area contributed by atoms with Crippen LogP contribution in [0.5, 0.6) is 0 Å². The minimum absolute atomic E-state index is 0.00212. The van der Waals surface area contributed by atoms with Crippen LogP contribution in [0, 0.1) is 0 Å². The van der Waals surface area contributed by atoms with E-state index in [1.165, 1.54) is 70.6 Å². The standard InChI is InChI=1S/C46H86NO20P/c1-3-5-7-9-11-13-15-17-19-21-23-25-34(49)61-28-31(64-35(50)26-24-22-20-18-16-14-12-10-8-6-4-2)29-63-68(59,60)67-44-42(62-30-32(47)45(57)58)39(54)38(53)40(55)43(44)66-46-41(56)37(52)36(51)33(27-48)65-46/h31-33,36-44,46,48,51-56H,3-30,47H2,1-2H3,(H,57,58)(H,59,60)/t31-,32-,33+,36+,37-,38+,39+,40-,41-,42-,43-,44+,46+/m0/s1. The Bertz CT molecular complexity index is 1410. The van der Waals surface area contributed by atoms with Crippen LogP contribution in [0.15, 0.2) is 0 Å². The van der Waals surface area contributed by atoms with E-state index < -0.39 is 132 Å². The molecule has 0 radical (unpaired) electrons. The summed E-state index contributed by atoms with van der Waals surface area (Å²) in [6.07, 6.45) is -0.233. The third kappa shape index (κ3) is 24.0. The zero-order valence-corrected chi connectivity index (χ0v) is 41.2. The number of carbonyl (C=O) groups excluding carboxylic acids is 2. The molecule has 0 aromatic rings. The number of esters is 2. The number of carbonyl (C=O) groups is 3. The van der Waals surface area contributed by atoms with Gasteiger partial charge in [-0.15, -0.1) is 0 Å². The van der Waals surface area contributed by atoms with Crippen LogP contribution in [0.1, 0.15) is 168 Å². The molecule has 1 heterocycles. The van der Waals surface area contributed by atoms with Gasteiger partial charge in [0.1, 0.15) is 73.7 Å². The lowest BCUT2D eigenvalue weighted by Gasteiger charge is -2.48. The van der Waals surface area contributed by atoms with Crippen molar-refractivity contribution in [3.05, 3.63) is 0 Å². The van der Waals surface area contributed by atoms with E-state index in [0.29, 0.717) is 12.8 Å². The molecular formula is C46H86NO20P. The van der Waals surface area contributed by atoms with Crippen LogP contribution in [-0.4, -0.2) is 170 Å². The summed E-state index contributed by atoms with van der Waals surface area (Å²) in [5.41, 5.74) is 5.57.